The molecule has 0 saturated heterocycles. The average molecular weight is 426 g/mol. The standard InChI is InChI=1S/C27H38O2P/c1-19-11-10-12-22(23(28)20-13-15-21(16-14-20)26(5,6)7)24(19)30(29)18-27(8,9)17-25(2,3)4/h10-16H,17-18H2,1-9H3. The summed E-state index contributed by atoms with van der Waals surface area (Å²) >= 11 is 0. The van der Waals surface area contributed by atoms with Gasteiger partial charge in [0.05, 0.1) is 0 Å². The molecule has 0 fully saturated rings. The molecular formula is C27H38O2P. The molecule has 0 aliphatic heterocycles. The first-order chi connectivity index (χ1) is 13.6. The lowest BCUT2D eigenvalue weighted by molar-refractivity contribution is 0.103. The second kappa shape index (κ2) is 8.75. The number of carbonyl (C=O) groups is 1. The third-order valence-electron chi connectivity index (χ3n) is 5.33. The first-order valence-corrected chi connectivity index (χ1v) is 12.2. The van der Waals surface area contributed by atoms with Crippen LogP contribution in [0.25, 0.3) is 0 Å². The Balaban J connectivity index is 2.38. The van der Waals surface area contributed by atoms with E-state index in [4.69, 9.17) is 0 Å². The minimum Gasteiger partial charge on any atom is -0.289 e. The van der Waals surface area contributed by atoms with Gasteiger partial charge in [0.1, 0.15) is 7.80 Å². The van der Waals surface area contributed by atoms with Gasteiger partial charge in [0.25, 0.3) is 0 Å². The maximum absolute atomic E-state index is 13.5. The van der Waals surface area contributed by atoms with Crippen LogP contribution in [0, 0.1) is 17.8 Å². The molecule has 0 aromatic heterocycles. The molecule has 0 heterocycles. The van der Waals surface area contributed by atoms with Crippen LogP contribution < -0.4 is 5.30 Å². The summed E-state index contributed by atoms with van der Waals surface area (Å²) in [4.78, 5) is 13.4. The SMILES string of the molecule is Cc1cccc(C(=O)c2ccc(C(C)(C)C)cc2)c1[P](=O)CC(C)(C)CC(C)(C)C. The van der Waals surface area contributed by atoms with Gasteiger partial charge >= 0.3 is 0 Å². The second-order valence-electron chi connectivity index (χ2n) is 11.6. The number of ketones is 1. The van der Waals surface area contributed by atoms with Crippen molar-refractivity contribution < 1.29 is 9.36 Å². The third kappa shape index (κ3) is 6.35. The Hall–Kier alpha value is -1.79. The van der Waals surface area contributed by atoms with E-state index < -0.39 is 7.80 Å². The number of rotatable bonds is 6. The van der Waals surface area contributed by atoms with Crippen molar-refractivity contribution in [1.29, 1.82) is 0 Å². The number of benzene rings is 2. The molecule has 0 saturated carbocycles. The summed E-state index contributed by atoms with van der Waals surface area (Å²) in [6, 6.07) is 13.5. The van der Waals surface area contributed by atoms with Crippen LogP contribution in [0.5, 0.6) is 0 Å². The minimum atomic E-state index is -1.68. The van der Waals surface area contributed by atoms with Crippen LogP contribution >= 0.6 is 7.80 Å². The lowest BCUT2D eigenvalue weighted by atomic mass is 9.77. The first kappa shape index (κ1) is 24.5. The van der Waals surface area contributed by atoms with Gasteiger partial charge in [0.15, 0.2) is 5.78 Å². The van der Waals surface area contributed by atoms with Crippen molar-refractivity contribution in [3.8, 4) is 0 Å². The van der Waals surface area contributed by atoms with E-state index in [0.717, 1.165) is 17.3 Å². The molecule has 1 radical (unpaired) electrons. The molecule has 2 aromatic rings. The zero-order chi connectivity index (χ0) is 22.9. The van der Waals surface area contributed by atoms with Crippen LogP contribution in [0.2, 0.25) is 0 Å². The molecular weight excluding hydrogens is 387 g/mol. The predicted octanol–water partition coefficient (Wildman–Crippen LogP) is 7.44. The summed E-state index contributed by atoms with van der Waals surface area (Å²) in [5.74, 6) is -0.0499. The first-order valence-electron chi connectivity index (χ1n) is 10.8. The fourth-order valence-electron chi connectivity index (χ4n) is 4.41. The molecule has 30 heavy (non-hydrogen) atoms. The molecule has 3 heteroatoms. The Morgan fingerprint density at radius 1 is 0.867 bits per heavy atom. The Kier molecular flexibility index (Phi) is 7.14. The highest BCUT2D eigenvalue weighted by Gasteiger charge is 2.30. The number of aryl methyl sites for hydroxylation is 1. The van der Waals surface area contributed by atoms with E-state index in [9.17, 15) is 9.36 Å². The molecule has 0 bridgehead atoms. The van der Waals surface area contributed by atoms with Gasteiger partial charge < -0.3 is 0 Å². The topological polar surface area (TPSA) is 34.1 Å². The predicted molar refractivity (Wildman–Crippen MR) is 130 cm³/mol. The molecule has 0 aliphatic rings. The zero-order valence-electron chi connectivity index (χ0n) is 20.2. The van der Waals surface area contributed by atoms with Gasteiger partial charge in [0.2, 0.25) is 0 Å². The smallest absolute Gasteiger partial charge is 0.194 e. The summed E-state index contributed by atoms with van der Waals surface area (Å²) in [6.07, 6.45) is 1.55. The molecule has 0 aliphatic carbocycles. The van der Waals surface area contributed by atoms with Gasteiger partial charge in [-0.2, -0.15) is 0 Å². The highest BCUT2D eigenvalue weighted by Crippen LogP contribution is 2.40. The largest absolute Gasteiger partial charge is 0.289 e. The van der Waals surface area contributed by atoms with Gasteiger partial charge in [-0.05, 0) is 46.8 Å². The summed E-state index contributed by atoms with van der Waals surface area (Å²) in [7, 11) is -1.68. The molecule has 163 valence electrons. The number of hydrogen-bond donors (Lipinski definition) is 0. The quantitative estimate of drug-likeness (QED) is 0.356. The fraction of sp³-hybridized carbons (Fsp3) is 0.519. The Morgan fingerprint density at radius 2 is 1.43 bits per heavy atom. The second-order valence-corrected chi connectivity index (χ2v) is 13.1. The maximum atomic E-state index is 13.5. The van der Waals surface area contributed by atoms with E-state index in [-0.39, 0.29) is 22.0 Å². The Labute approximate surface area is 184 Å². The van der Waals surface area contributed by atoms with E-state index in [1.807, 2.05) is 49.4 Å². The van der Waals surface area contributed by atoms with E-state index in [1.165, 1.54) is 5.56 Å². The molecule has 0 spiro atoms. The van der Waals surface area contributed by atoms with Gasteiger partial charge in [-0.25, -0.2) is 0 Å². The summed E-state index contributed by atoms with van der Waals surface area (Å²) in [6.45, 7) is 19.4. The van der Waals surface area contributed by atoms with Crippen molar-refractivity contribution in [2.24, 2.45) is 10.8 Å². The van der Waals surface area contributed by atoms with Crippen molar-refractivity contribution in [3.05, 3.63) is 64.7 Å². The molecule has 2 aromatic carbocycles. The molecule has 2 rings (SSSR count). The summed E-state index contributed by atoms with van der Waals surface area (Å²) in [5.41, 5.74) is 3.48. The molecule has 2 nitrogen and oxygen atoms in total. The average Bonchev–Trinajstić information content (AvgIpc) is 2.57. The maximum Gasteiger partial charge on any atom is 0.194 e. The van der Waals surface area contributed by atoms with E-state index >= 15 is 0 Å². The zero-order valence-corrected chi connectivity index (χ0v) is 21.1. The highest BCUT2D eigenvalue weighted by molar-refractivity contribution is 7.53. The van der Waals surface area contributed by atoms with Gasteiger partial charge in [-0.1, -0.05) is 91.8 Å². The molecule has 0 amide bonds. The fourth-order valence-corrected chi connectivity index (χ4v) is 6.37. The van der Waals surface area contributed by atoms with E-state index in [1.54, 1.807) is 0 Å². The highest BCUT2D eigenvalue weighted by atomic mass is 31.1. The van der Waals surface area contributed by atoms with Crippen LogP contribution in [-0.2, 0) is 9.98 Å². The van der Waals surface area contributed by atoms with Crippen molar-refractivity contribution in [2.75, 3.05) is 6.16 Å². The van der Waals surface area contributed by atoms with E-state index in [2.05, 4.69) is 55.4 Å². The van der Waals surface area contributed by atoms with Crippen LogP contribution in [-0.4, -0.2) is 11.9 Å². The van der Waals surface area contributed by atoms with Crippen molar-refractivity contribution in [1.82, 2.24) is 0 Å². The normalized spacial score (nSPS) is 13.3. The van der Waals surface area contributed by atoms with Gasteiger partial charge in [-0.3, -0.25) is 9.36 Å². The minimum absolute atomic E-state index is 0.0397. The van der Waals surface area contributed by atoms with Crippen molar-refractivity contribution >= 4 is 18.9 Å². The van der Waals surface area contributed by atoms with E-state index in [0.29, 0.717) is 17.3 Å². The van der Waals surface area contributed by atoms with Crippen molar-refractivity contribution in [2.45, 2.75) is 74.1 Å². The molecule has 1 atom stereocenters. The van der Waals surface area contributed by atoms with Crippen LogP contribution in [0.3, 0.4) is 0 Å². The Morgan fingerprint density at radius 3 is 1.93 bits per heavy atom. The van der Waals surface area contributed by atoms with Crippen LogP contribution in [0.1, 0.15) is 88.9 Å². The van der Waals surface area contributed by atoms with Crippen LogP contribution in [0.15, 0.2) is 42.5 Å². The Bertz CT molecular complexity index is 923. The monoisotopic (exact) mass is 425 g/mol. The number of carbonyl (C=O) groups excluding carboxylic acids is 1. The summed E-state index contributed by atoms with van der Waals surface area (Å²) < 4.78 is 13.5. The van der Waals surface area contributed by atoms with Crippen molar-refractivity contribution in [3.63, 3.8) is 0 Å². The lowest BCUT2D eigenvalue weighted by Gasteiger charge is -2.32. The lowest BCUT2D eigenvalue weighted by Crippen LogP contribution is -2.26. The summed E-state index contributed by atoms with van der Waals surface area (Å²) in [5, 5.41) is 0.722. The molecule has 0 N–H and O–H groups in total. The van der Waals surface area contributed by atoms with Gasteiger partial charge in [-0.15, -0.1) is 0 Å². The van der Waals surface area contributed by atoms with Gasteiger partial charge in [0, 0.05) is 22.6 Å². The molecule has 1 unspecified atom stereocenters. The van der Waals surface area contributed by atoms with Crippen LogP contribution in [0.4, 0.5) is 0 Å². The third-order valence-corrected chi connectivity index (χ3v) is 7.56. The number of hydrogen-bond acceptors (Lipinski definition) is 2.